The van der Waals surface area contributed by atoms with Gasteiger partial charge in [0.2, 0.25) is 5.91 Å². The summed E-state index contributed by atoms with van der Waals surface area (Å²) in [6.07, 6.45) is 3.34. The van der Waals surface area contributed by atoms with Gasteiger partial charge in [0.05, 0.1) is 5.56 Å². The van der Waals surface area contributed by atoms with Crippen molar-refractivity contribution in [1.82, 2.24) is 19.4 Å². The van der Waals surface area contributed by atoms with Crippen LogP contribution in [0.3, 0.4) is 0 Å². The maximum Gasteiger partial charge on any atom is 0.442 e. The number of aromatic nitrogens is 4. The summed E-state index contributed by atoms with van der Waals surface area (Å²) >= 11 is 0. The second kappa shape index (κ2) is 9.69. The van der Waals surface area contributed by atoms with Crippen molar-refractivity contribution in [3.63, 3.8) is 0 Å². The lowest BCUT2D eigenvalue weighted by atomic mass is 9.98. The Morgan fingerprint density at radius 3 is 2.66 bits per heavy atom. The summed E-state index contributed by atoms with van der Waals surface area (Å²) < 4.78 is 34.7. The Bertz CT molecular complexity index is 1850. The Labute approximate surface area is 234 Å². The zero-order valence-electron chi connectivity index (χ0n) is 22.8. The third kappa shape index (κ3) is 3.86. The summed E-state index contributed by atoms with van der Waals surface area (Å²) in [5.41, 5.74) is 1.09. The molecule has 0 saturated carbocycles. The van der Waals surface area contributed by atoms with Crippen LogP contribution in [0, 0.1) is 18.6 Å². The maximum absolute atomic E-state index is 16.4. The molecule has 3 aromatic heterocycles. The smallest absolute Gasteiger partial charge is 0.349 e. The van der Waals surface area contributed by atoms with E-state index in [1.54, 1.807) is 28.7 Å². The number of aryl methyl sites for hydroxylation is 1. The zero-order chi connectivity index (χ0) is 29.2. The highest BCUT2D eigenvalue weighted by Crippen LogP contribution is 2.37. The fourth-order valence-corrected chi connectivity index (χ4v) is 6.11. The quantitative estimate of drug-likeness (QED) is 0.217. The fraction of sp³-hybridized carbons (Fsp3) is 0.267. The molecule has 1 unspecified atom stereocenters. The monoisotopic (exact) mass is 557 g/mol. The molecular weight excluding hydrogens is 530 g/mol. The summed E-state index contributed by atoms with van der Waals surface area (Å²) in [4.78, 5) is 50.6. The van der Waals surface area contributed by atoms with Crippen LogP contribution in [0.4, 0.5) is 14.6 Å². The van der Waals surface area contributed by atoms with E-state index in [2.05, 4.69) is 16.5 Å². The van der Waals surface area contributed by atoms with E-state index in [1.807, 2.05) is 18.7 Å². The van der Waals surface area contributed by atoms with E-state index in [-0.39, 0.29) is 34.6 Å². The highest BCUT2D eigenvalue weighted by Gasteiger charge is 2.41. The minimum Gasteiger partial charge on any atom is -0.349 e. The molecule has 0 N–H and O–H groups in total. The largest absolute Gasteiger partial charge is 0.442 e. The van der Waals surface area contributed by atoms with Crippen molar-refractivity contribution < 1.29 is 22.9 Å². The molecule has 0 radical (unpaired) electrons. The van der Waals surface area contributed by atoms with Crippen LogP contribution in [0.2, 0.25) is 0 Å². The molecular formula is C30H27F2N6O3+. The van der Waals surface area contributed by atoms with Crippen LogP contribution in [0.1, 0.15) is 41.5 Å². The first kappa shape index (κ1) is 26.4. The van der Waals surface area contributed by atoms with Crippen molar-refractivity contribution in [3.8, 4) is 16.9 Å². The van der Waals surface area contributed by atoms with Crippen LogP contribution in [0.15, 0.2) is 54.0 Å². The molecule has 41 heavy (non-hydrogen) atoms. The number of aldehydes is 1. The Morgan fingerprint density at radius 2 is 1.95 bits per heavy atom. The minimum absolute atomic E-state index is 0.0259. The first-order valence-electron chi connectivity index (χ1n) is 13.3. The van der Waals surface area contributed by atoms with Gasteiger partial charge in [0.1, 0.15) is 22.9 Å². The third-order valence-electron chi connectivity index (χ3n) is 8.01. The van der Waals surface area contributed by atoms with Gasteiger partial charge in [-0.15, -0.1) is 4.57 Å². The summed E-state index contributed by atoms with van der Waals surface area (Å²) in [6, 6.07) is 6.11. The molecule has 0 aliphatic carbocycles. The lowest BCUT2D eigenvalue weighted by Crippen LogP contribution is -2.55. The first-order chi connectivity index (χ1) is 19.7. The summed E-state index contributed by atoms with van der Waals surface area (Å²) in [6.45, 7) is 10.2. The highest BCUT2D eigenvalue weighted by atomic mass is 19.1. The minimum atomic E-state index is -0.782. The molecule has 1 saturated heterocycles. The van der Waals surface area contributed by atoms with Crippen LogP contribution in [0.25, 0.3) is 28.0 Å². The van der Waals surface area contributed by atoms with Crippen LogP contribution in [-0.2, 0) is 4.79 Å². The Balaban J connectivity index is 1.71. The summed E-state index contributed by atoms with van der Waals surface area (Å²) in [5, 5.41) is 0.339. The van der Waals surface area contributed by atoms with Crippen molar-refractivity contribution in [2.45, 2.75) is 32.9 Å². The number of hydrogen-bond acceptors (Lipinski definition) is 6. The average molecular weight is 558 g/mol. The number of hydrogen-bond donors (Lipinski definition) is 0. The number of nitrogens with zero attached hydrogens (tertiary/aromatic N) is 6. The zero-order valence-corrected chi connectivity index (χ0v) is 22.8. The lowest BCUT2D eigenvalue weighted by molar-refractivity contribution is -0.680. The van der Waals surface area contributed by atoms with E-state index < -0.39 is 23.4 Å². The van der Waals surface area contributed by atoms with Crippen molar-refractivity contribution >= 4 is 29.0 Å². The molecule has 6 rings (SSSR count). The van der Waals surface area contributed by atoms with Crippen LogP contribution in [0.5, 0.6) is 0 Å². The molecule has 4 aromatic rings. The average Bonchev–Trinajstić information content (AvgIpc) is 2.96. The SMILES string of the molecule is C=CC(=O)N1CCN(c2nc(=O)n3c4c2cc(F)c(-c2c(F)cccc2C=O)[n+]4C(C)c2nccc(C)c2-3)[C@@H](C)C1. The van der Waals surface area contributed by atoms with Crippen molar-refractivity contribution in [2.24, 2.45) is 0 Å². The van der Waals surface area contributed by atoms with Gasteiger partial charge in [-0.25, -0.2) is 18.1 Å². The van der Waals surface area contributed by atoms with Crippen molar-refractivity contribution in [1.29, 1.82) is 0 Å². The molecule has 2 atom stereocenters. The molecule has 5 heterocycles. The molecule has 208 valence electrons. The van der Waals surface area contributed by atoms with Gasteiger partial charge in [-0.05, 0) is 45.0 Å². The summed E-state index contributed by atoms with van der Waals surface area (Å²) in [5.74, 6) is -1.49. The number of anilines is 1. The predicted octanol–water partition coefficient (Wildman–Crippen LogP) is 3.28. The third-order valence-corrected chi connectivity index (χ3v) is 8.01. The molecule has 2 aliphatic rings. The van der Waals surface area contributed by atoms with Crippen molar-refractivity contribution in [3.05, 3.63) is 88.1 Å². The molecule has 2 aliphatic heterocycles. The molecule has 1 amide bonds. The van der Waals surface area contributed by atoms with E-state index in [4.69, 9.17) is 0 Å². The number of rotatable bonds is 4. The first-order valence-corrected chi connectivity index (χ1v) is 13.3. The van der Waals surface area contributed by atoms with Gasteiger partial charge in [0.25, 0.3) is 0 Å². The Morgan fingerprint density at radius 1 is 1.17 bits per heavy atom. The lowest BCUT2D eigenvalue weighted by Gasteiger charge is -2.40. The normalized spacial score (nSPS) is 17.9. The molecule has 1 fully saturated rings. The number of halogens is 2. The van der Waals surface area contributed by atoms with Crippen LogP contribution >= 0.6 is 0 Å². The second-order valence-corrected chi connectivity index (χ2v) is 10.4. The topological polar surface area (TPSA) is 92.3 Å². The number of pyridine rings is 2. The number of fused-ring (bicyclic) bond motifs is 2. The van der Waals surface area contributed by atoms with Gasteiger partial charge in [-0.2, -0.15) is 4.98 Å². The molecule has 11 heteroatoms. The Kier molecular flexibility index (Phi) is 6.24. The predicted molar refractivity (Wildman–Crippen MR) is 148 cm³/mol. The number of benzene rings is 1. The molecule has 9 nitrogen and oxygen atoms in total. The van der Waals surface area contributed by atoms with Crippen LogP contribution < -0.4 is 15.2 Å². The van der Waals surface area contributed by atoms with E-state index in [9.17, 15) is 14.4 Å². The van der Waals surface area contributed by atoms with E-state index >= 15 is 8.78 Å². The second-order valence-electron chi connectivity index (χ2n) is 10.4. The van der Waals surface area contributed by atoms with Gasteiger partial charge >= 0.3 is 11.3 Å². The summed E-state index contributed by atoms with van der Waals surface area (Å²) in [7, 11) is 0. The number of carbonyl (C=O) groups is 2. The number of carbonyl (C=O) groups excluding carboxylic acids is 2. The van der Waals surface area contributed by atoms with Gasteiger partial charge in [-0.1, -0.05) is 18.7 Å². The van der Waals surface area contributed by atoms with Gasteiger partial charge in [-0.3, -0.25) is 14.6 Å². The van der Waals surface area contributed by atoms with Crippen LogP contribution in [-0.4, -0.2) is 57.3 Å². The molecule has 0 spiro atoms. The van der Waals surface area contributed by atoms with E-state index in [0.717, 1.165) is 5.56 Å². The van der Waals surface area contributed by atoms with Gasteiger partial charge in [0, 0.05) is 43.0 Å². The number of piperazine rings is 1. The van der Waals surface area contributed by atoms with E-state index in [1.165, 1.54) is 34.9 Å². The van der Waals surface area contributed by atoms with Gasteiger partial charge < -0.3 is 9.80 Å². The van der Waals surface area contributed by atoms with E-state index in [0.29, 0.717) is 48.3 Å². The molecule has 0 bridgehead atoms. The van der Waals surface area contributed by atoms with Gasteiger partial charge in [0.15, 0.2) is 29.3 Å². The highest BCUT2D eigenvalue weighted by molar-refractivity contribution is 5.91. The fourth-order valence-electron chi connectivity index (χ4n) is 6.11. The number of amides is 1. The van der Waals surface area contributed by atoms with Crippen molar-refractivity contribution in [2.75, 3.05) is 24.5 Å². The Hall–Kier alpha value is -4.80. The maximum atomic E-state index is 16.4. The molecule has 1 aromatic carbocycles. The standard InChI is InChI=1S/C30H27F2N6O3/c1-5-23(40)35-11-12-36(17(3)14-35)28-20-13-22(32)27(24-19(15-39)7-6-8-21(24)31)37-18(4)25-26(16(2)9-10-33-25)38(29(20)37)30(41)34-28/h5-10,13,15,17-18H,1,11-12,14H2,2-4H3/q+1/t17-,18?/m0/s1.